The highest BCUT2D eigenvalue weighted by Crippen LogP contribution is 2.14. The molecule has 0 aromatic carbocycles. The molecule has 0 rings (SSSR count). The maximum Gasteiger partial charge on any atom is 0.318 e. The molecule has 0 aromatic heterocycles. The number of nitrogens with one attached hydrogen (secondary N) is 2. The normalized spacial score (nSPS) is 12.4. The Labute approximate surface area is 126 Å². The van der Waals surface area contributed by atoms with Crippen molar-refractivity contribution in [3.05, 3.63) is 0 Å². The van der Waals surface area contributed by atoms with E-state index in [1.165, 1.54) is 4.90 Å². The SMILES string of the molecule is CCCNC(=O)C(C)NC(=O)N(CCC(=O)O)C(C)(C)C. The first-order chi connectivity index (χ1) is 9.59. The van der Waals surface area contributed by atoms with Gasteiger partial charge in [-0.25, -0.2) is 4.79 Å². The Balaban J connectivity index is 4.66. The molecule has 0 spiro atoms. The number of carbonyl (C=O) groups is 3. The number of carboxylic acid groups (broad SMARTS) is 1. The van der Waals surface area contributed by atoms with Crippen molar-refractivity contribution in [3.8, 4) is 0 Å². The summed E-state index contributed by atoms with van der Waals surface area (Å²) in [5.74, 6) is -1.22. The van der Waals surface area contributed by atoms with Crippen molar-refractivity contribution < 1.29 is 19.5 Å². The third-order valence-corrected chi connectivity index (χ3v) is 2.89. The lowest BCUT2D eigenvalue weighted by Crippen LogP contribution is -2.55. The molecule has 0 saturated heterocycles. The molecule has 7 nitrogen and oxygen atoms in total. The number of urea groups is 1. The molecule has 0 radical (unpaired) electrons. The van der Waals surface area contributed by atoms with Gasteiger partial charge in [-0.3, -0.25) is 9.59 Å². The molecule has 0 saturated carbocycles. The number of aliphatic carboxylic acids is 1. The molecule has 122 valence electrons. The lowest BCUT2D eigenvalue weighted by molar-refractivity contribution is -0.137. The van der Waals surface area contributed by atoms with Crippen molar-refractivity contribution in [2.24, 2.45) is 0 Å². The first-order valence-electron chi connectivity index (χ1n) is 7.17. The van der Waals surface area contributed by atoms with Gasteiger partial charge in [-0.05, 0) is 34.1 Å². The largest absolute Gasteiger partial charge is 0.481 e. The van der Waals surface area contributed by atoms with E-state index in [1.807, 2.05) is 27.7 Å². The van der Waals surface area contributed by atoms with Gasteiger partial charge in [0.15, 0.2) is 0 Å². The van der Waals surface area contributed by atoms with Crippen LogP contribution < -0.4 is 10.6 Å². The Morgan fingerprint density at radius 2 is 1.81 bits per heavy atom. The molecule has 0 aliphatic rings. The van der Waals surface area contributed by atoms with Crippen LogP contribution in [0.3, 0.4) is 0 Å². The quantitative estimate of drug-likeness (QED) is 0.657. The van der Waals surface area contributed by atoms with Crippen molar-refractivity contribution in [1.29, 1.82) is 0 Å². The van der Waals surface area contributed by atoms with E-state index in [0.29, 0.717) is 6.54 Å². The number of carboxylic acids is 1. The van der Waals surface area contributed by atoms with Gasteiger partial charge in [-0.1, -0.05) is 6.92 Å². The molecule has 7 heteroatoms. The summed E-state index contributed by atoms with van der Waals surface area (Å²) in [4.78, 5) is 36.1. The van der Waals surface area contributed by atoms with Crippen LogP contribution in [0, 0.1) is 0 Å². The molecule has 1 unspecified atom stereocenters. The highest BCUT2D eigenvalue weighted by atomic mass is 16.4. The number of carbonyl (C=O) groups excluding carboxylic acids is 2. The first kappa shape index (κ1) is 19.2. The third-order valence-electron chi connectivity index (χ3n) is 2.89. The number of hydrogen-bond acceptors (Lipinski definition) is 3. The molecule has 0 fully saturated rings. The maximum atomic E-state index is 12.2. The minimum absolute atomic E-state index is 0.0912. The van der Waals surface area contributed by atoms with Gasteiger partial charge in [0, 0.05) is 18.6 Å². The maximum absolute atomic E-state index is 12.2. The van der Waals surface area contributed by atoms with E-state index in [9.17, 15) is 14.4 Å². The van der Waals surface area contributed by atoms with E-state index in [2.05, 4.69) is 10.6 Å². The number of rotatable bonds is 7. The molecule has 21 heavy (non-hydrogen) atoms. The summed E-state index contributed by atoms with van der Waals surface area (Å²) in [6.07, 6.45) is 0.681. The number of amides is 3. The van der Waals surface area contributed by atoms with Gasteiger partial charge in [-0.2, -0.15) is 0 Å². The molecule has 3 amide bonds. The zero-order valence-electron chi connectivity index (χ0n) is 13.5. The molecular formula is C14H27N3O4. The van der Waals surface area contributed by atoms with Crippen molar-refractivity contribution in [1.82, 2.24) is 15.5 Å². The summed E-state index contributed by atoms with van der Waals surface area (Å²) >= 11 is 0. The summed E-state index contributed by atoms with van der Waals surface area (Å²) < 4.78 is 0. The van der Waals surface area contributed by atoms with Crippen molar-refractivity contribution in [3.63, 3.8) is 0 Å². The fourth-order valence-electron chi connectivity index (χ4n) is 1.68. The second-order valence-electron chi connectivity index (χ2n) is 5.93. The Morgan fingerprint density at radius 3 is 2.24 bits per heavy atom. The Hall–Kier alpha value is -1.79. The molecule has 0 bridgehead atoms. The first-order valence-corrected chi connectivity index (χ1v) is 7.17. The van der Waals surface area contributed by atoms with E-state index in [1.54, 1.807) is 6.92 Å². The van der Waals surface area contributed by atoms with Crippen molar-refractivity contribution >= 4 is 17.9 Å². The van der Waals surface area contributed by atoms with Gasteiger partial charge in [0.2, 0.25) is 5.91 Å². The van der Waals surface area contributed by atoms with Crippen molar-refractivity contribution in [2.45, 2.75) is 59.0 Å². The highest BCUT2D eigenvalue weighted by molar-refractivity contribution is 5.87. The Kier molecular flexibility index (Phi) is 7.76. The van der Waals surface area contributed by atoms with Gasteiger partial charge in [0.1, 0.15) is 6.04 Å². The third kappa shape index (κ3) is 7.53. The second-order valence-corrected chi connectivity index (χ2v) is 5.93. The lowest BCUT2D eigenvalue weighted by Gasteiger charge is -2.36. The zero-order valence-corrected chi connectivity index (χ0v) is 13.5. The predicted molar refractivity (Wildman–Crippen MR) is 80.0 cm³/mol. The fraction of sp³-hybridized carbons (Fsp3) is 0.786. The fourth-order valence-corrected chi connectivity index (χ4v) is 1.68. The zero-order chi connectivity index (χ0) is 16.6. The van der Waals surface area contributed by atoms with Crippen LogP contribution in [-0.4, -0.2) is 52.6 Å². The van der Waals surface area contributed by atoms with Crippen LogP contribution in [0.4, 0.5) is 4.79 Å². The summed E-state index contributed by atoms with van der Waals surface area (Å²) in [7, 11) is 0. The average Bonchev–Trinajstić information content (AvgIpc) is 2.33. The van der Waals surface area contributed by atoms with E-state index < -0.39 is 23.6 Å². The predicted octanol–water partition coefficient (Wildman–Crippen LogP) is 1.19. The summed E-state index contributed by atoms with van der Waals surface area (Å²) in [6, 6.07) is -1.11. The van der Waals surface area contributed by atoms with E-state index in [4.69, 9.17) is 5.11 Å². The van der Waals surface area contributed by atoms with Crippen LogP contribution in [-0.2, 0) is 9.59 Å². The van der Waals surface area contributed by atoms with Crippen LogP contribution >= 0.6 is 0 Å². The molecule has 0 aliphatic carbocycles. The van der Waals surface area contributed by atoms with E-state index in [-0.39, 0.29) is 18.9 Å². The molecule has 0 aromatic rings. The standard InChI is InChI=1S/C14H27N3O4/c1-6-8-15-12(20)10(2)16-13(21)17(14(3,4)5)9-7-11(18)19/h10H,6-9H2,1-5H3,(H,15,20)(H,16,21)(H,18,19). The molecular weight excluding hydrogens is 274 g/mol. The van der Waals surface area contributed by atoms with Crippen LogP contribution in [0.2, 0.25) is 0 Å². The topological polar surface area (TPSA) is 98.7 Å². The van der Waals surface area contributed by atoms with Crippen LogP contribution in [0.25, 0.3) is 0 Å². The number of nitrogens with zero attached hydrogens (tertiary/aromatic N) is 1. The molecule has 0 heterocycles. The van der Waals surface area contributed by atoms with Gasteiger partial charge in [0.25, 0.3) is 0 Å². The van der Waals surface area contributed by atoms with Crippen LogP contribution in [0.1, 0.15) is 47.5 Å². The lowest BCUT2D eigenvalue weighted by atomic mass is 10.1. The smallest absolute Gasteiger partial charge is 0.318 e. The van der Waals surface area contributed by atoms with E-state index >= 15 is 0 Å². The summed E-state index contributed by atoms with van der Waals surface area (Å²) in [5, 5.41) is 14.1. The minimum Gasteiger partial charge on any atom is -0.481 e. The Bertz CT molecular complexity index is 377. The molecule has 3 N–H and O–H groups in total. The minimum atomic E-state index is -0.967. The van der Waals surface area contributed by atoms with Gasteiger partial charge in [-0.15, -0.1) is 0 Å². The van der Waals surface area contributed by atoms with Gasteiger partial charge in [0.05, 0.1) is 6.42 Å². The summed E-state index contributed by atoms with van der Waals surface area (Å²) in [6.45, 7) is 9.63. The van der Waals surface area contributed by atoms with Crippen LogP contribution in [0.15, 0.2) is 0 Å². The monoisotopic (exact) mass is 301 g/mol. The molecule has 1 atom stereocenters. The Morgan fingerprint density at radius 1 is 1.24 bits per heavy atom. The second kappa shape index (κ2) is 8.49. The van der Waals surface area contributed by atoms with Crippen molar-refractivity contribution in [2.75, 3.05) is 13.1 Å². The number of hydrogen-bond donors (Lipinski definition) is 3. The highest BCUT2D eigenvalue weighted by Gasteiger charge is 2.28. The average molecular weight is 301 g/mol. The van der Waals surface area contributed by atoms with E-state index in [0.717, 1.165) is 6.42 Å². The van der Waals surface area contributed by atoms with Gasteiger partial charge >= 0.3 is 12.0 Å². The van der Waals surface area contributed by atoms with Gasteiger partial charge < -0.3 is 20.6 Å². The molecule has 0 aliphatic heterocycles. The van der Waals surface area contributed by atoms with Crippen LogP contribution in [0.5, 0.6) is 0 Å². The summed E-state index contributed by atoms with van der Waals surface area (Å²) in [5.41, 5.74) is -0.529.